The first-order valence-corrected chi connectivity index (χ1v) is 12.9. The smallest absolute Gasteiger partial charge is 0.338 e. The van der Waals surface area contributed by atoms with Gasteiger partial charge in [-0.2, -0.15) is 0 Å². The molecule has 2 bridgehead atoms. The van der Waals surface area contributed by atoms with Crippen molar-refractivity contribution in [3.8, 4) is 0 Å². The summed E-state index contributed by atoms with van der Waals surface area (Å²) in [5.41, 5.74) is -0.816. The molecule has 0 saturated carbocycles. The number of aliphatic hydroxyl groups is 6. The van der Waals surface area contributed by atoms with Gasteiger partial charge < -0.3 is 49.6 Å². The SMILES string of the molecule is CC[C@@H](/C=C(\C)[C@H]1C[C@H](OC)C[C@@H](O)C(C)(C)[C@]2(O)O[C@@H](C[C@H](OC)[C@@H]2O)C[C@H](O)[C@@H](O)C(=O)O1)CO. The van der Waals surface area contributed by atoms with Gasteiger partial charge in [0.2, 0.25) is 5.79 Å². The van der Waals surface area contributed by atoms with Gasteiger partial charge in [-0.15, -0.1) is 0 Å². The van der Waals surface area contributed by atoms with E-state index in [1.807, 2.05) is 6.92 Å². The standard InChI is InChI=1S/C26H46O11/c1-7-15(13-27)8-14(2)19-10-16(34-5)12-21(29)25(3,4)26(33)23(31)20(35-6)11-17(37-26)9-18(28)22(30)24(32)36-19/h8,15-23,27-31,33H,7,9-13H2,1-6H3/b14-8+/t15-,16-,17+,18-,19+,20-,21+,22+,23-,26+/m0/s1. The van der Waals surface area contributed by atoms with E-state index in [9.17, 15) is 35.4 Å². The van der Waals surface area contributed by atoms with Crippen LogP contribution >= 0.6 is 0 Å². The quantitative estimate of drug-likeness (QED) is 0.200. The average molecular weight is 535 g/mol. The number of hydrogen-bond donors (Lipinski definition) is 6. The zero-order valence-corrected chi connectivity index (χ0v) is 22.7. The van der Waals surface area contributed by atoms with E-state index in [2.05, 4.69) is 0 Å². The fourth-order valence-corrected chi connectivity index (χ4v) is 5.10. The first-order valence-electron chi connectivity index (χ1n) is 12.9. The summed E-state index contributed by atoms with van der Waals surface area (Å²) < 4.78 is 22.4. The van der Waals surface area contributed by atoms with Crippen molar-refractivity contribution in [1.82, 2.24) is 0 Å². The maximum atomic E-state index is 12.9. The summed E-state index contributed by atoms with van der Waals surface area (Å²) in [5, 5.41) is 64.7. The van der Waals surface area contributed by atoms with Crippen molar-refractivity contribution in [1.29, 1.82) is 0 Å². The van der Waals surface area contributed by atoms with Crippen LogP contribution in [-0.2, 0) is 23.7 Å². The Morgan fingerprint density at radius 3 is 2.30 bits per heavy atom. The van der Waals surface area contributed by atoms with E-state index >= 15 is 0 Å². The molecule has 0 radical (unpaired) electrons. The number of carbonyl (C=O) groups excluding carboxylic acids is 1. The fraction of sp³-hybridized carbons (Fsp3) is 0.885. The van der Waals surface area contributed by atoms with E-state index in [0.717, 1.165) is 0 Å². The summed E-state index contributed by atoms with van der Waals surface area (Å²) in [4.78, 5) is 12.9. The summed E-state index contributed by atoms with van der Waals surface area (Å²) in [6, 6.07) is 0. The van der Waals surface area contributed by atoms with Gasteiger partial charge in [0.25, 0.3) is 0 Å². The molecule has 6 N–H and O–H groups in total. The molecule has 0 amide bonds. The Balaban J connectivity index is 2.52. The molecule has 2 rings (SSSR count). The number of ether oxygens (including phenoxy) is 4. The molecule has 2 aliphatic rings. The van der Waals surface area contributed by atoms with Crippen molar-refractivity contribution in [2.24, 2.45) is 11.3 Å². The maximum absolute atomic E-state index is 12.9. The van der Waals surface area contributed by atoms with Gasteiger partial charge in [-0.05, 0) is 18.9 Å². The zero-order chi connectivity index (χ0) is 28.1. The van der Waals surface area contributed by atoms with Crippen LogP contribution in [0.5, 0.6) is 0 Å². The van der Waals surface area contributed by atoms with Gasteiger partial charge in [-0.1, -0.05) is 26.8 Å². The molecule has 216 valence electrons. The lowest BCUT2D eigenvalue weighted by Gasteiger charge is -2.53. The van der Waals surface area contributed by atoms with E-state index < -0.39 is 66.0 Å². The molecule has 37 heavy (non-hydrogen) atoms. The van der Waals surface area contributed by atoms with Gasteiger partial charge >= 0.3 is 5.97 Å². The first-order chi connectivity index (χ1) is 17.2. The molecule has 0 aliphatic carbocycles. The van der Waals surface area contributed by atoms with Crippen LogP contribution < -0.4 is 0 Å². The minimum absolute atomic E-state index is 0.00603. The molecule has 0 spiro atoms. The Labute approximate surface area is 219 Å². The van der Waals surface area contributed by atoms with Gasteiger partial charge in [0.15, 0.2) is 6.10 Å². The van der Waals surface area contributed by atoms with Gasteiger partial charge in [-0.3, -0.25) is 0 Å². The number of hydrogen-bond acceptors (Lipinski definition) is 11. The number of methoxy groups -OCH3 is 2. The van der Waals surface area contributed by atoms with E-state index in [-0.39, 0.29) is 38.2 Å². The Bertz CT molecular complexity index is 768. The summed E-state index contributed by atoms with van der Waals surface area (Å²) in [7, 11) is 2.79. The number of rotatable bonds is 6. The van der Waals surface area contributed by atoms with Crippen LogP contribution in [0.15, 0.2) is 11.6 Å². The molecule has 0 aromatic heterocycles. The van der Waals surface area contributed by atoms with Gasteiger partial charge in [0, 0.05) is 57.8 Å². The Hall–Kier alpha value is -1.15. The van der Waals surface area contributed by atoms with Crippen LogP contribution in [0, 0.1) is 11.3 Å². The highest BCUT2D eigenvalue weighted by Gasteiger charge is 2.60. The van der Waals surface area contributed by atoms with Crippen LogP contribution in [0.1, 0.15) is 59.8 Å². The summed E-state index contributed by atoms with van der Waals surface area (Å²) in [6.07, 6.45) is -7.30. The van der Waals surface area contributed by atoms with Crippen LogP contribution in [0.3, 0.4) is 0 Å². The molecular formula is C26H46O11. The Kier molecular flexibility index (Phi) is 11.5. The third-order valence-corrected chi connectivity index (χ3v) is 8.08. The topological polar surface area (TPSA) is 175 Å². The summed E-state index contributed by atoms with van der Waals surface area (Å²) in [5.74, 6) is -3.51. The number of esters is 1. The van der Waals surface area contributed by atoms with Crippen LogP contribution in [0.2, 0.25) is 0 Å². The zero-order valence-electron chi connectivity index (χ0n) is 22.7. The molecule has 0 aromatic rings. The van der Waals surface area contributed by atoms with E-state index in [1.165, 1.54) is 14.2 Å². The largest absolute Gasteiger partial charge is 0.456 e. The van der Waals surface area contributed by atoms with Crippen molar-refractivity contribution in [2.75, 3.05) is 20.8 Å². The van der Waals surface area contributed by atoms with Crippen LogP contribution in [0.4, 0.5) is 0 Å². The Morgan fingerprint density at radius 2 is 1.76 bits per heavy atom. The summed E-state index contributed by atoms with van der Waals surface area (Å²) >= 11 is 0. The normalized spacial score (nSPS) is 41.0. The van der Waals surface area contributed by atoms with Crippen molar-refractivity contribution in [2.45, 2.75) is 114 Å². The molecule has 11 heteroatoms. The van der Waals surface area contributed by atoms with Crippen LogP contribution in [-0.4, -0.2) is 112 Å². The highest BCUT2D eigenvalue weighted by Crippen LogP contribution is 2.46. The van der Waals surface area contributed by atoms with Crippen molar-refractivity contribution < 1.29 is 54.4 Å². The van der Waals surface area contributed by atoms with Crippen molar-refractivity contribution in [3.05, 3.63) is 11.6 Å². The second kappa shape index (κ2) is 13.3. The molecule has 2 fully saturated rings. The third kappa shape index (κ3) is 7.09. The molecule has 11 nitrogen and oxygen atoms in total. The number of cyclic esters (lactones) is 1. The molecule has 0 unspecified atom stereocenters. The van der Waals surface area contributed by atoms with Gasteiger partial charge in [0.1, 0.15) is 12.2 Å². The fourth-order valence-electron chi connectivity index (χ4n) is 5.10. The highest BCUT2D eigenvalue weighted by atomic mass is 16.7. The average Bonchev–Trinajstić information content (AvgIpc) is 2.86. The number of fused-ring (bicyclic) bond motifs is 2. The van der Waals surface area contributed by atoms with Crippen molar-refractivity contribution in [3.63, 3.8) is 0 Å². The monoisotopic (exact) mass is 534 g/mol. The molecule has 2 heterocycles. The lowest BCUT2D eigenvalue weighted by atomic mass is 9.70. The molecule has 2 saturated heterocycles. The second-order valence-electron chi connectivity index (χ2n) is 10.9. The third-order valence-electron chi connectivity index (χ3n) is 8.08. The first kappa shape index (κ1) is 32.1. The van der Waals surface area contributed by atoms with E-state index in [0.29, 0.717) is 12.0 Å². The minimum Gasteiger partial charge on any atom is -0.456 e. The van der Waals surface area contributed by atoms with Gasteiger partial charge in [-0.25, -0.2) is 4.79 Å². The molecule has 0 aromatic carbocycles. The summed E-state index contributed by atoms with van der Waals surface area (Å²) in [6.45, 7) is 6.65. The molecule has 2 aliphatic heterocycles. The molecule has 10 atom stereocenters. The lowest BCUT2D eigenvalue weighted by molar-refractivity contribution is -0.379. The minimum atomic E-state index is -2.28. The van der Waals surface area contributed by atoms with E-state index in [4.69, 9.17) is 18.9 Å². The lowest BCUT2D eigenvalue weighted by Crippen LogP contribution is -2.68. The van der Waals surface area contributed by atoms with Crippen molar-refractivity contribution >= 4 is 5.97 Å². The maximum Gasteiger partial charge on any atom is 0.338 e. The second-order valence-corrected chi connectivity index (χ2v) is 10.9. The van der Waals surface area contributed by atoms with Gasteiger partial charge in [0.05, 0.1) is 30.5 Å². The predicted molar refractivity (Wildman–Crippen MR) is 132 cm³/mol. The highest BCUT2D eigenvalue weighted by molar-refractivity contribution is 5.75. The number of aliphatic hydroxyl groups excluding tert-OH is 5. The Morgan fingerprint density at radius 1 is 1.11 bits per heavy atom. The van der Waals surface area contributed by atoms with E-state index in [1.54, 1.807) is 26.8 Å². The number of carbonyl (C=O) groups is 1. The van der Waals surface area contributed by atoms with Crippen LogP contribution in [0.25, 0.3) is 0 Å². The molecular weight excluding hydrogens is 488 g/mol. The predicted octanol–water partition coefficient (Wildman–Crippen LogP) is 0.0242.